The van der Waals surface area contributed by atoms with E-state index in [1.165, 1.54) is 11.1 Å². The second-order valence-electron chi connectivity index (χ2n) is 3.47. The van der Waals surface area contributed by atoms with Crippen molar-refractivity contribution < 1.29 is 0 Å². The predicted molar refractivity (Wildman–Crippen MR) is 65.3 cm³/mol. The van der Waals surface area contributed by atoms with Gasteiger partial charge < -0.3 is 6.15 Å². The maximum Gasteiger partial charge on any atom is -0.0238 e. The summed E-state index contributed by atoms with van der Waals surface area (Å²) in [6.45, 7) is 0. The lowest BCUT2D eigenvalue weighted by molar-refractivity contribution is 0.960. The van der Waals surface area contributed by atoms with Crippen LogP contribution in [0.25, 0.3) is 0 Å². The van der Waals surface area contributed by atoms with Crippen molar-refractivity contribution in [3.63, 3.8) is 0 Å². The summed E-state index contributed by atoms with van der Waals surface area (Å²) < 4.78 is 0. The fourth-order valence-electron chi connectivity index (χ4n) is 1.58. The third-order valence-electron chi connectivity index (χ3n) is 2.39. The Bertz CT molecular complexity index is 328. The molecule has 3 N–H and O–H groups in total. The number of rotatable bonds is 3. The van der Waals surface area contributed by atoms with Crippen LogP contribution in [0.1, 0.15) is 11.1 Å². The summed E-state index contributed by atoms with van der Waals surface area (Å²) in [6, 6.07) is 21.2. The van der Waals surface area contributed by atoms with Crippen LogP contribution < -0.4 is 6.15 Å². The van der Waals surface area contributed by atoms with Crippen molar-refractivity contribution in [3.8, 4) is 0 Å². The fraction of sp³-hybridized carbons (Fsp3) is 0.143. The molecule has 1 heteroatoms. The van der Waals surface area contributed by atoms with Crippen LogP contribution in [0.15, 0.2) is 60.7 Å². The molecule has 2 aromatic rings. The Kier molecular flexibility index (Phi) is 4.58. The molecule has 0 spiro atoms. The second-order valence-corrected chi connectivity index (χ2v) is 3.47. The molecule has 0 aliphatic rings. The summed E-state index contributed by atoms with van der Waals surface area (Å²) in [5.41, 5.74) is 2.83. The van der Waals surface area contributed by atoms with Gasteiger partial charge in [-0.2, -0.15) is 0 Å². The SMILES string of the molecule is N.c1ccc(CCc2ccccc2)cc1. The van der Waals surface area contributed by atoms with E-state index in [9.17, 15) is 0 Å². The Labute approximate surface area is 91.4 Å². The van der Waals surface area contributed by atoms with Gasteiger partial charge in [-0.15, -0.1) is 0 Å². The van der Waals surface area contributed by atoms with Crippen molar-refractivity contribution in [1.82, 2.24) is 6.15 Å². The molecule has 0 fully saturated rings. The van der Waals surface area contributed by atoms with Crippen LogP contribution in [-0.4, -0.2) is 0 Å². The highest BCUT2D eigenvalue weighted by Crippen LogP contribution is 2.06. The second kappa shape index (κ2) is 5.99. The van der Waals surface area contributed by atoms with Gasteiger partial charge in [0.15, 0.2) is 0 Å². The molecule has 2 aromatic carbocycles. The van der Waals surface area contributed by atoms with Crippen molar-refractivity contribution in [3.05, 3.63) is 71.8 Å². The van der Waals surface area contributed by atoms with Gasteiger partial charge in [-0.3, -0.25) is 0 Å². The van der Waals surface area contributed by atoms with Crippen molar-refractivity contribution in [2.45, 2.75) is 12.8 Å². The lowest BCUT2D eigenvalue weighted by Crippen LogP contribution is -1.89. The summed E-state index contributed by atoms with van der Waals surface area (Å²) >= 11 is 0. The summed E-state index contributed by atoms with van der Waals surface area (Å²) in [6.07, 6.45) is 2.26. The molecule has 0 aliphatic carbocycles. The van der Waals surface area contributed by atoms with Crippen LogP contribution in [0.2, 0.25) is 0 Å². The van der Waals surface area contributed by atoms with E-state index in [-0.39, 0.29) is 6.15 Å². The lowest BCUT2D eigenvalue weighted by atomic mass is 10.0. The Hall–Kier alpha value is -1.60. The molecule has 0 atom stereocenters. The molecule has 0 heterocycles. The number of hydrogen-bond acceptors (Lipinski definition) is 1. The predicted octanol–water partition coefficient (Wildman–Crippen LogP) is 3.63. The molecule has 0 bridgehead atoms. The van der Waals surface area contributed by atoms with E-state index in [0.29, 0.717) is 0 Å². The monoisotopic (exact) mass is 199 g/mol. The Morgan fingerprint density at radius 2 is 0.867 bits per heavy atom. The van der Waals surface area contributed by atoms with Gasteiger partial charge in [0.05, 0.1) is 0 Å². The molecule has 0 amide bonds. The van der Waals surface area contributed by atoms with E-state index in [1.54, 1.807) is 0 Å². The highest BCUT2D eigenvalue weighted by Gasteiger charge is 1.93. The highest BCUT2D eigenvalue weighted by molar-refractivity contribution is 5.19. The number of aryl methyl sites for hydroxylation is 2. The van der Waals surface area contributed by atoms with Gasteiger partial charge in [-0.05, 0) is 24.0 Å². The minimum atomic E-state index is 0. The number of benzene rings is 2. The normalized spacial score (nSPS) is 9.33. The van der Waals surface area contributed by atoms with E-state index in [0.717, 1.165) is 12.8 Å². The van der Waals surface area contributed by atoms with Crippen molar-refractivity contribution in [2.24, 2.45) is 0 Å². The molecule has 0 saturated heterocycles. The van der Waals surface area contributed by atoms with Gasteiger partial charge in [-0.1, -0.05) is 60.7 Å². The van der Waals surface area contributed by atoms with Crippen LogP contribution in [0.4, 0.5) is 0 Å². The molecule has 1 nitrogen and oxygen atoms in total. The Balaban J connectivity index is 0.00000112. The Morgan fingerprint density at radius 3 is 1.20 bits per heavy atom. The first-order chi connectivity index (χ1) is 6.95. The van der Waals surface area contributed by atoms with E-state index in [1.807, 2.05) is 0 Å². The van der Waals surface area contributed by atoms with Gasteiger partial charge in [0, 0.05) is 0 Å². The first kappa shape index (κ1) is 11.5. The van der Waals surface area contributed by atoms with Gasteiger partial charge in [-0.25, -0.2) is 0 Å². The lowest BCUT2D eigenvalue weighted by Gasteiger charge is -2.01. The molecule has 78 valence electrons. The van der Waals surface area contributed by atoms with Crippen molar-refractivity contribution >= 4 is 0 Å². The zero-order valence-electron chi connectivity index (χ0n) is 8.89. The molecule has 0 unspecified atom stereocenters. The molecule has 0 aliphatic heterocycles. The van der Waals surface area contributed by atoms with Crippen molar-refractivity contribution in [2.75, 3.05) is 0 Å². The van der Waals surface area contributed by atoms with Crippen LogP contribution in [0.5, 0.6) is 0 Å². The Morgan fingerprint density at radius 1 is 0.533 bits per heavy atom. The molecule has 0 radical (unpaired) electrons. The minimum absolute atomic E-state index is 0. The standard InChI is InChI=1S/C14H14.H3N/c1-3-7-13(8-4-1)11-12-14-9-5-2-6-10-14;/h1-10H,11-12H2;1H3. The molecule has 0 aromatic heterocycles. The van der Waals surface area contributed by atoms with Gasteiger partial charge >= 0.3 is 0 Å². The highest BCUT2D eigenvalue weighted by atomic mass is 14.0. The summed E-state index contributed by atoms with van der Waals surface area (Å²) in [5.74, 6) is 0. The first-order valence-corrected chi connectivity index (χ1v) is 5.03. The van der Waals surface area contributed by atoms with Gasteiger partial charge in [0.25, 0.3) is 0 Å². The first-order valence-electron chi connectivity index (χ1n) is 5.03. The molecular formula is C14H17N. The zero-order valence-corrected chi connectivity index (χ0v) is 8.89. The average molecular weight is 199 g/mol. The summed E-state index contributed by atoms with van der Waals surface area (Å²) in [4.78, 5) is 0. The average Bonchev–Trinajstić information content (AvgIpc) is 2.29. The topological polar surface area (TPSA) is 35.0 Å². The smallest absolute Gasteiger partial charge is 0.0238 e. The van der Waals surface area contributed by atoms with Gasteiger partial charge in [0.1, 0.15) is 0 Å². The quantitative estimate of drug-likeness (QED) is 0.804. The molecule has 2 rings (SSSR count). The molecule has 0 saturated carbocycles. The maximum absolute atomic E-state index is 2.18. The third-order valence-corrected chi connectivity index (χ3v) is 2.39. The summed E-state index contributed by atoms with van der Waals surface area (Å²) in [7, 11) is 0. The van der Waals surface area contributed by atoms with E-state index >= 15 is 0 Å². The fourth-order valence-corrected chi connectivity index (χ4v) is 1.58. The van der Waals surface area contributed by atoms with E-state index in [4.69, 9.17) is 0 Å². The molecule has 15 heavy (non-hydrogen) atoms. The largest absolute Gasteiger partial charge is 0.344 e. The maximum atomic E-state index is 2.18. The third kappa shape index (κ3) is 3.56. The van der Waals surface area contributed by atoms with E-state index in [2.05, 4.69) is 60.7 Å². The van der Waals surface area contributed by atoms with Crippen LogP contribution in [0, 0.1) is 0 Å². The summed E-state index contributed by atoms with van der Waals surface area (Å²) in [5, 5.41) is 0. The van der Waals surface area contributed by atoms with Crippen LogP contribution in [-0.2, 0) is 12.8 Å². The zero-order chi connectivity index (χ0) is 9.64. The van der Waals surface area contributed by atoms with Crippen LogP contribution >= 0.6 is 0 Å². The minimum Gasteiger partial charge on any atom is -0.344 e. The number of hydrogen-bond donors (Lipinski definition) is 1. The van der Waals surface area contributed by atoms with Crippen molar-refractivity contribution in [1.29, 1.82) is 0 Å². The van der Waals surface area contributed by atoms with Gasteiger partial charge in [0.2, 0.25) is 0 Å². The van der Waals surface area contributed by atoms with Crippen LogP contribution in [0.3, 0.4) is 0 Å². The van der Waals surface area contributed by atoms with E-state index < -0.39 is 0 Å². The molecular weight excluding hydrogens is 182 g/mol.